The first-order valence-corrected chi connectivity index (χ1v) is 6.92. The highest BCUT2D eigenvalue weighted by Gasteiger charge is 2.39. The highest BCUT2D eigenvalue weighted by Crippen LogP contribution is 2.31. The number of methoxy groups -OCH3 is 1. The summed E-state index contributed by atoms with van der Waals surface area (Å²) in [5, 5.41) is 5.95. The summed E-state index contributed by atoms with van der Waals surface area (Å²) in [7, 11) is 1.18. The van der Waals surface area contributed by atoms with E-state index in [1.807, 2.05) is 6.92 Å². The summed E-state index contributed by atoms with van der Waals surface area (Å²) in [5.74, 6) is -1.55. The molecule has 0 aliphatic carbocycles. The number of benzene rings is 1. The predicted molar refractivity (Wildman–Crippen MR) is 76.6 cm³/mol. The molecule has 1 atom stereocenters. The molecule has 1 amide bonds. The molecule has 1 fully saturated rings. The highest BCUT2D eigenvalue weighted by molar-refractivity contribution is 5.97. The Bertz CT molecular complexity index is 554. The second-order valence-corrected chi connectivity index (χ2v) is 5.20. The lowest BCUT2D eigenvalue weighted by atomic mass is 9.83. The average Bonchev–Trinajstić information content (AvgIpc) is 2.98. The van der Waals surface area contributed by atoms with Gasteiger partial charge in [0.05, 0.1) is 18.1 Å². The number of carbonyl (C=O) groups is 2. The topological polar surface area (TPSA) is 67.4 Å². The number of amides is 1. The zero-order chi connectivity index (χ0) is 15.5. The van der Waals surface area contributed by atoms with Gasteiger partial charge in [0.1, 0.15) is 5.82 Å². The van der Waals surface area contributed by atoms with Gasteiger partial charge in [0.15, 0.2) is 0 Å². The van der Waals surface area contributed by atoms with Crippen LogP contribution in [0.2, 0.25) is 0 Å². The summed E-state index contributed by atoms with van der Waals surface area (Å²) < 4.78 is 18.1. The highest BCUT2D eigenvalue weighted by atomic mass is 19.1. The first-order valence-electron chi connectivity index (χ1n) is 6.92. The summed E-state index contributed by atoms with van der Waals surface area (Å²) in [5.41, 5.74) is -0.244. The lowest BCUT2D eigenvalue weighted by Gasteiger charge is -2.25. The van der Waals surface area contributed by atoms with Crippen molar-refractivity contribution in [3.63, 3.8) is 0 Å². The second-order valence-electron chi connectivity index (χ2n) is 5.20. The van der Waals surface area contributed by atoms with E-state index in [0.29, 0.717) is 12.2 Å². The van der Waals surface area contributed by atoms with Crippen LogP contribution in [0.3, 0.4) is 0 Å². The molecule has 0 radical (unpaired) electrons. The van der Waals surface area contributed by atoms with E-state index < -0.39 is 17.2 Å². The van der Waals surface area contributed by atoms with Crippen LogP contribution in [0, 0.1) is 11.2 Å². The van der Waals surface area contributed by atoms with Crippen molar-refractivity contribution >= 4 is 17.6 Å². The van der Waals surface area contributed by atoms with Gasteiger partial charge < -0.3 is 15.4 Å². The lowest BCUT2D eigenvalue weighted by Crippen LogP contribution is -2.37. The third-order valence-electron chi connectivity index (χ3n) is 4.03. The number of hydrogen-bond donors (Lipinski definition) is 2. The van der Waals surface area contributed by atoms with Crippen LogP contribution < -0.4 is 10.6 Å². The van der Waals surface area contributed by atoms with Crippen molar-refractivity contribution in [3.8, 4) is 0 Å². The smallest absolute Gasteiger partial charge is 0.340 e. The number of carbonyl (C=O) groups excluding carboxylic acids is 2. The van der Waals surface area contributed by atoms with Gasteiger partial charge in [0.25, 0.3) is 0 Å². The molecule has 2 rings (SSSR count). The fourth-order valence-electron chi connectivity index (χ4n) is 2.53. The summed E-state index contributed by atoms with van der Waals surface area (Å²) in [6, 6.07) is 3.88. The summed E-state index contributed by atoms with van der Waals surface area (Å²) in [6.45, 7) is 3.40. The van der Waals surface area contributed by atoms with Gasteiger partial charge in [-0.05, 0) is 37.6 Å². The average molecular weight is 294 g/mol. The van der Waals surface area contributed by atoms with E-state index in [1.165, 1.54) is 19.2 Å². The van der Waals surface area contributed by atoms with Crippen molar-refractivity contribution in [1.82, 2.24) is 5.32 Å². The van der Waals surface area contributed by atoms with Gasteiger partial charge in [-0.25, -0.2) is 9.18 Å². The fourth-order valence-corrected chi connectivity index (χ4v) is 2.53. The number of anilines is 1. The molecule has 0 aromatic heterocycles. The number of nitrogens with one attached hydrogen (secondary N) is 2. The molecule has 0 saturated carbocycles. The van der Waals surface area contributed by atoms with E-state index >= 15 is 0 Å². The van der Waals surface area contributed by atoms with Crippen LogP contribution in [-0.4, -0.2) is 32.1 Å². The molecule has 0 bridgehead atoms. The van der Waals surface area contributed by atoms with E-state index in [9.17, 15) is 14.0 Å². The molecule has 2 N–H and O–H groups in total. The largest absolute Gasteiger partial charge is 0.465 e. The molecule has 1 unspecified atom stereocenters. The van der Waals surface area contributed by atoms with Crippen molar-refractivity contribution in [2.45, 2.75) is 19.8 Å². The molecule has 1 aliphatic heterocycles. The van der Waals surface area contributed by atoms with Gasteiger partial charge in [0, 0.05) is 12.2 Å². The van der Waals surface area contributed by atoms with E-state index in [1.54, 1.807) is 0 Å². The molecule has 0 spiro atoms. The number of esters is 1. The lowest BCUT2D eigenvalue weighted by molar-refractivity contribution is -0.124. The SMILES string of the molecule is CCC1(C(=O)Nc2ccc(F)c(C(=O)OC)c2)CCNC1. The minimum absolute atomic E-state index is 0.113. The van der Waals surface area contributed by atoms with Crippen LogP contribution in [0.1, 0.15) is 30.1 Å². The molecular weight excluding hydrogens is 275 g/mol. The number of halogens is 1. The fraction of sp³-hybridized carbons (Fsp3) is 0.467. The van der Waals surface area contributed by atoms with Crippen molar-refractivity contribution in [2.24, 2.45) is 5.41 Å². The normalized spacial score (nSPS) is 21.1. The maximum atomic E-state index is 13.6. The van der Waals surface area contributed by atoms with Gasteiger partial charge in [0.2, 0.25) is 5.91 Å². The number of hydrogen-bond acceptors (Lipinski definition) is 4. The molecule has 114 valence electrons. The molecule has 5 nitrogen and oxygen atoms in total. The van der Waals surface area contributed by atoms with E-state index in [4.69, 9.17) is 0 Å². The Labute approximate surface area is 122 Å². The van der Waals surface area contributed by atoms with Crippen LogP contribution in [0.5, 0.6) is 0 Å². The Kier molecular flexibility index (Phi) is 4.57. The molecule has 1 saturated heterocycles. The van der Waals surface area contributed by atoms with E-state index in [0.717, 1.165) is 25.5 Å². The number of rotatable bonds is 4. The summed E-state index contributed by atoms with van der Waals surface area (Å²) in [4.78, 5) is 23.9. The molecule has 1 aromatic carbocycles. The maximum absolute atomic E-state index is 13.6. The first-order chi connectivity index (χ1) is 10.0. The molecule has 1 heterocycles. The Morgan fingerprint density at radius 2 is 2.24 bits per heavy atom. The van der Waals surface area contributed by atoms with Crippen LogP contribution in [0.15, 0.2) is 18.2 Å². The number of ether oxygens (including phenoxy) is 1. The van der Waals surface area contributed by atoms with E-state index in [-0.39, 0.29) is 11.5 Å². The Balaban J connectivity index is 2.20. The monoisotopic (exact) mass is 294 g/mol. The predicted octanol–water partition coefficient (Wildman–Crippen LogP) is 1.94. The quantitative estimate of drug-likeness (QED) is 0.833. The first kappa shape index (κ1) is 15.4. The molecular formula is C15H19FN2O3. The van der Waals surface area contributed by atoms with Crippen molar-refractivity contribution in [2.75, 3.05) is 25.5 Å². The maximum Gasteiger partial charge on any atom is 0.340 e. The Hall–Kier alpha value is -1.95. The third-order valence-corrected chi connectivity index (χ3v) is 4.03. The second kappa shape index (κ2) is 6.22. The van der Waals surface area contributed by atoms with Gasteiger partial charge >= 0.3 is 5.97 Å². The Morgan fingerprint density at radius 1 is 1.48 bits per heavy atom. The van der Waals surface area contributed by atoms with Gasteiger partial charge in [-0.3, -0.25) is 4.79 Å². The summed E-state index contributed by atoms with van der Waals surface area (Å²) >= 11 is 0. The minimum Gasteiger partial charge on any atom is -0.465 e. The molecule has 1 aliphatic rings. The van der Waals surface area contributed by atoms with Crippen molar-refractivity contribution < 1.29 is 18.7 Å². The third kappa shape index (κ3) is 3.05. The molecule has 21 heavy (non-hydrogen) atoms. The van der Waals surface area contributed by atoms with Crippen molar-refractivity contribution in [3.05, 3.63) is 29.6 Å². The molecule has 6 heteroatoms. The van der Waals surface area contributed by atoms with Crippen LogP contribution in [0.25, 0.3) is 0 Å². The van der Waals surface area contributed by atoms with Crippen LogP contribution >= 0.6 is 0 Å². The summed E-state index contributed by atoms with van der Waals surface area (Å²) in [6.07, 6.45) is 1.48. The van der Waals surface area contributed by atoms with E-state index in [2.05, 4.69) is 15.4 Å². The van der Waals surface area contributed by atoms with Gasteiger partial charge in [-0.15, -0.1) is 0 Å². The molecule has 1 aromatic rings. The van der Waals surface area contributed by atoms with Crippen LogP contribution in [-0.2, 0) is 9.53 Å². The van der Waals surface area contributed by atoms with Gasteiger partial charge in [-0.2, -0.15) is 0 Å². The van der Waals surface area contributed by atoms with Crippen molar-refractivity contribution in [1.29, 1.82) is 0 Å². The minimum atomic E-state index is -0.767. The van der Waals surface area contributed by atoms with Crippen LogP contribution in [0.4, 0.5) is 10.1 Å². The standard InChI is InChI=1S/C15H19FN2O3/c1-3-15(6-7-17-9-15)14(20)18-10-4-5-12(16)11(8-10)13(19)21-2/h4-5,8,17H,3,6-7,9H2,1-2H3,(H,18,20). The van der Waals surface area contributed by atoms with Gasteiger partial charge in [-0.1, -0.05) is 6.92 Å². The zero-order valence-corrected chi connectivity index (χ0v) is 12.2. The zero-order valence-electron chi connectivity index (χ0n) is 12.2. The Morgan fingerprint density at radius 3 is 2.81 bits per heavy atom.